The highest BCUT2D eigenvalue weighted by molar-refractivity contribution is 5.48. The van der Waals surface area contributed by atoms with Gasteiger partial charge >= 0.3 is 0 Å². The largest absolute Gasteiger partial charge is 0.342 e. The number of piperidine rings is 1. The Balaban J connectivity index is 1.73. The second kappa shape index (κ2) is 6.43. The fourth-order valence-corrected chi connectivity index (χ4v) is 4.16. The van der Waals surface area contributed by atoms with Gasteiger partial charge in [0.15, 0.2) is 0 Å². The molecule has 0 unspecified atom stereocenters. The molecule has 2 heteroatoms. The van der Waals surface area contributed by atoms with Gasteiger partial charge in [0.05, 0.1) is 0 Å². The fourth-order valence-electron chi connectivity index (χ4n) is 4.16. The van der Waals surface area contributed by atoms with E-state index in [2.05, 4.69) is 35.2 Å². The van der Waals surface area contributed by atoms with Gasteiger partial charge in [-0.1, -0.05) is 49.6 Å². The number of likely N-dealkylation sites (tertiary alicyclic amines) is 1. The molecule has 2 nitrogen and oxygen atoms in total. The molecule has 0 aromatic heterocycles. The predicted octanol–water partition coefficient (Wildman–Crippen LogP) is 3.97. The highest BCUT2D eigenvalue weighted by Crippen LogP contribution is 2.38. The molecule has 1 aromatic rings. The number of nitrogens with zero attached hydrogens (tertiary/aromatic N) is 1. The molecule has 0 spiro atoms. The molecule has 0 N–H and O–H groups in total. The third-order valence-electron chi connectivity index (χ3n) is 5.29. The van der Waals surface area contributed by atoms with Crippen LogP contribution in [0.4, 0.5) is 0 Å². The van der Waals surface area contributed by atoms with Crippen molar-refractivity contribution in [3.05, 3.63) is 35.9 Å². The van der Waals surface area contributed by atoms with Crippen molar-refractivity contribution < 1.29 is 4.79 Å². The number of amides is 1. The molecule has 20 heavy (non-hydrogen) atoms. The SMILES string of the molecule is O=CN1CC[C@@H](c2ccccc2)C[C@H]1C1CCCCC1. The van der Waals surface area contributed by atoms with Gasteiger partial charge in [0.2, 0.25) is 6.41 Å². The molecule has 2 fully saturated rings. The zero-order chi connectivity index (χ0) is 13.8. The third kappa shape index (κ3) is 2.89. The molecule has 1 heterocycles. The van der Waals surface area contributed by atoms with Gasteiger partial charge < -0.3 is 4.90 Å². The maximum Gasteiger partial charge on any atom is 0.209 e. The molecule has 108 valence electrons. The lowest BCUT2D eigenvalue weighted by molar-refractivity contribution is -0.123. The minimum absolute atomic E-state index is 0.478. The van der Waals surface area contributed by atoms with Gasteiger partial charge in [-0.25, -0.2) is 0 Å². The molecule has 2 aliphatic rings. The van der Waals surface area contributed by atoms with E-state index in [4.69, 9.17) is 0 Å². The Labute approximate surface area is 122 Å². The molecule has 1 aliphatic carbocycles. The first-order valence-corrected chi connectivity index (χ1v) is 8.14. The van der Waals surface area contributed by atoms with Gasteiger partial charge in [0.25, 0.3) is 0 Å². The summed E-state index contributed by atoms with van der Waals surface area (Å²) in [5.74, 6) is 1.37. The fraction of sp³-hybridized carbons (Fsp3) is 0.611. The van der Waals surface area contributed by atoms with Crippen LogP contribution >= 0.6 is 0 Å². The van der Waals surface area contributed by atoms with Gasteiger partial charge in [0, 0.05) is 12.6 Å². The minimum Gasteiger partial charge on any atom is -0.342 e. The molecular formula is C18H25NO. The molecular weight excluding hydrogens is 246 g/mol. The lowest BCUT2D eigenvalue weighted by atomic mass is 9.76. The molecule has 1 saturated carbocycles. The summed E-state index contributed by atoms with van der Waals surface area (Å²) >= 11 is 0. The maximum absolute atomic E-state index is 11.4. The van der Waals surface area contributed by atoms with Crippen molar-refractivity contribution in [1.82, 2.24) is 4.90 Å². The quantitative estimate of drug-likeness (QED) is 0.762. The number of carbonyl (C=O) groups is 1. The van der Waals surface area contributed by atoms with E-state index >= 15 is 0 Å². The Morgan fingerprint density at radius 3 is 2.45 bits per heavy atom. The average molecular weight is 271 g/mol. The van der Waals surface area contributed by atoms with Crippen molar-refractivity contribution in [2.45, 2.75) is 56.9 Å². The van der Waals surface area contributed by atoms with E-state index in [1.807, 2.05) is 0 Å². The van der Waals surface area contributed by atoms with E-state index in [0.717, 1.165) is 31.7 Å². The standard InChI is InChI=1S/C18H25NO/c20-14-19-12-11-17(15-7-3-1-4-8-15)13-18(19)16-9-5-2-6-10-16/h1,3-4,7-8,14,16-18H,2,5-6,9-13H2/t17-,18+/m1/s1. The van der Waals surface area contributed by atoms with Gasteiger partial charge in [-0.15, -0.1) is 0 Å². The van der Waals surface area contributed by atoms with Crippen LogP contribution < -0.4 is 0 Å². The van der Waals surface area contributed by atoms with Crippen LogP contribution in [-0.4, -0.2) is 23.9 Å². The van der Waals surface area contributed by atoms with Crippen molar-refractivity contribution in [3.8, 4) is 0 Å². The van der Waals surface area contributed by atoms with Gasteiger partial charge in [-0.3, -0.25) is 4.79 Å². The zero-order valence-corrected chi connectivity index (χ0v) is 12.2. The molecule has 1 amide bonds. The predicted molar refractivity (Wildman–Crippen MR) is 81.6 cm³/mol. The van der Waals surface area contributed by atoms with E-state index in [9.17, 15) is 4.79 Å². The summed E-state index contributed by atoms with van der Waals surface area (Å²) in [6.07, 6.45) is 10.1. The van der Waals surface area contributed by atoms with Crippen LogP contribution in [0.2, 0.25) is 0 Å². The van der Waals surface area contributed by atoms with Crippen LogP contribution in [0.3, 0.4) is 0 Å². The van der Waals surface area contributed by atoms with Crippen molar-refractivity contribution in [2.75, 3.05) is 6.54 Å². The summed E-state index contributed by atoms with van der Waals surface area (Å²) in [7, 11) is 0. The second-order valence-electron chi connectivity index (χ2n) is 6.44. The Bertz CT molecular complexity index is 424. The van der Waals surface area contributed by atoms with Crippen LogP contribution in [0, 0.1) is 5.92 Å². The first-order chi connectivity index (χ1) is 9.88. The first kappa shape index (κ1) is 13.7. The number of benzene rings is 1. The molecule has 1 aliphatic heterocycles. The van der Waals surface area contributed by atoms with Crippen LogP contribution in [0.1, 0.15) is 56.4 Å². The molecule has 1 saturated heterocycles. The van der Waals surface area contributed by atoms with Crippen LogP contribution in [0.5, 0.6) is 0 Å². The molecule has 1 aromatic carbocycles. The molecule has 2 atom stereocenters. The highest BCUT2D eigenvalue weighted by Gasteiger charge is 2.34. The van der Waals surface area contributed by atoms with E-state index in [1.54, 1.807) is 0 Å². The van der Waals surface area contributed by atoms with Crippen LogP contribution in [0.25, 0.3) is 0 Å². The normalized spacial score (nSPS) is 28.3. The first-order valence-electron chi connectivity index (χ1n) is 8.14. The lowest BCUT2D eigenvalue weighted by Crippen LogP contribution is -2.45. The maximum atomic E-state index is 11.4. The van der Waals surface area contributed by atoms with E-state index in [-0.39, 0.29) is 0 Å². The Kier molecular flexibility index (Phi) is 4.39. The highest BCUT2D eigenvalue weighted by atomic mass is 16.1. The van der Waals surface area contributed by atoms with Crippen LogP contribution in [-0.2, 0) is 4.79 Å². The summed E-state index contributed by atoms with van der Waals surface area (Å²) in [5.41, 5.74) is 1.46. The number of rotatable bonds is 3. The number of hydrogen-bond donors (Lipinski definition) is 0. The van der Waals surface area contributed by atoms with Gasteiger partial charge in [-0.2, -0.15) is 0 Å². The van der Waals surface area contributed by atoms with E-state index in [0.29, 0.717) is 12.0 Å². The van der Waals surface area contributed by atoms with Crippen molar-refractivity contribution in [1.29, 1.82) is 0 Å². The summed E-state index contributed by atoms with van der Waals surface area (Å²) in [6, 6.07) is 11.3. The van der Waals surface area contributed by atoms with Crippen molar-refractivity contribution in [3.63, 3.8) is 0 Å². The lowest BCUT2D eigenvalue weighted by Gasteiger charge is -2.43. The molecule has 0 radical (unpaired) electrons. The molecule has 3 rings (SSSR count). The Hall–Kier alpha value is -1.31. The Morgan fingerprint density at radius 1 is 1.00 bits per heavy atom. The zero-order valence-electron chi connectivity index (χ0n) is 12.2. The van der Waals surface area contributed by atoms with Gasteiger partial charge in [-0.05, 0) is 43.1 Å². The summed E-state index contributed by atoms with van der Waals surface area (Å²) in [5, 5.41) is 0. The third-order valence-corrected chi connectivity index (χ3v) is 5.29. The topological polar surface area (TPSA) is 20.3 Å². The number of carbonyl (C=O) groups excluding carboxylic acids is 1. The summed E-state index contributed by atoms with van der Waals surface area (Å²) in [6.45, 7) is 0.935. The Morgan fingerprint density at radius 2 is 1.75 bits per heavy atom. The minimum atomic E-state index is 0.478. The second-order valence-corrected chi connectivity index (χ2v) is 6.44. The van der Waals surface area contributed by atoms with E-state index in [1.165, 1.54) is 37.7 Å². The smallest absolute Gasteiger partial charge is 0.209 e. The molecule has 0 bridgehead atoms. The summed E-state index contributed by atoms with van der Waals surface area (Å²) in [4.78, 5) is 13.5. The monoisotopic (exact) mass is 271 g/mol. The number of hydrogen-bond acceptors (Lipinski definition) is 1. The van der Waals surface area contributed by atoms with Crippen molar-refractivity contribution in [2.24, 2.45) is 5.92 Å². The summed E-state index contributed by atoms with van der Waals surface area (Å²) < 4.78 is 0. The van der Waals surface area contributed by atoms with Gasteiger partial charge in [0.1, 0.15) is 0 Å². The van der Waals surface area contributed by atoms with E-state index < -0.39 is 0 Å². The van der Waals surface area contributed by atoms with Crippen molar-refractivity contribution >= 4 is 6.41 Å². The average Bonchev–Trinajstić information content (AvgIpc) is 2.56. The van der Waals surface area contributed by atoms with Crippen LogP contribution in [0.15, 0.2) is 30.3 Å².